The molecule has 96 valence electrons. The van der Waals surface area contributed by atoms with Crippen molar-refractivity contribution in [2.45, 2.75) is 26.3 Å². The van der Waals surface area contributed by atoms with Gasteiger partial charge in [0.05, 0.1) is 12.6 Å². The highest BCUT2D eigenvalue weighted by atomic mass is 16.5. The number of likely N-dealkylation sites (N-methyl/N-ethyl adjacent to an activating group) is 2. The lowest BCUT2D eigenvalue weighted by Crippen LogP contribution is -2.42. The van der Waals surface area contributed by atoms with Crippen LogP contribution in [0.15, 0.2) is 0 Å². The third-order valence-electron chi connectivity index (χ3n) is 2.63. The highest BCUT2D eigenvalue weighted by molar-refractivity contribution is 5.79. The molecule has 1 atom stereocenters. The number of hydrogen-bond donors (Lipinski definition) is 2. The van der Waals surface area contributed by atoms with Gasteiger partial charge in [0.1, 0.15) is 0 Å². The largest absolute Gasteiger partial charge is 0.380 e. The summed E-state index contributed by atoms with van der Waals surface area (Å²) in [5.74, 6) is -0.289. The second kappa shape index (κ2) is 9.57. The van der Waals surface area contributed by atoms with Gasteiger partial charge >= 0.3 is 0 Å². The molecule has 0 radical (unpaired) electrons. The average molecular weight is 231 g/mol. The summed E-state index contributed by atoms with van der Waals surface area (Å²) in [6.07, 6.45) is 0.742. The Kier molecular flexibility index (Phi) is 9.18. The molecule has 0 aromatic carbocycles. The van der Waals surface area contributed by atoms with Crippen LogP contribution in [-0.4, -0.2) is 56.7 Å². The van der Waals surface area contributed by atoms with Gasteiger partial charge in [-0.2, -0.15) is 0 Å². The van der Waals surface area contributed by atoms with E-state index in [0.717, 1.165) is 39.3 Å². The van der Waals surface area contributed by atoms with Crippen LogP contribution < -0.4 is 11.1 Å². The molecule has 0 rings (SSSR count). The van der Waals surface area contributed by atoms with Gasteiger partial charge < -0.3 is 20.7 Å². The maximum absolute atomic E-state index is 11.0. The molecule has 1 amide bonds. The van der Waals surface area contributed by atoms with Gasteiger partial charge in [0, 0.05) is 19.7 Å². The predicted molar refractivity (Wildman–Crippen MR) is 65.3 cm³/mol. The summed E-state index contributed by atoms with van der Waals surface area (Å²) in [5.41, 5.74) is 5.25. The number of nitrogens with zero attached hydrogens (tertiary/aromatic N) is 1. The molecule has 0 saturated carbocycles. The summed E-state index contributed by atoms with van der Waals surface area (Å²) in [4.78, 5) is 13.3. The van der Waals surface area contributed by atoms with Crippen molar-refractivity contribution < 1.29 is 9.53 Å². The van der Waals surface area contributed by atoms with Gasteiger partial charge in [-0.3, -0.25) is 4.79 Å². The summed E-state index contributed by atoms with van der Waals surface area (Å²) < 4.78 is 5.30. The van der Waals surface area contributed by atoms with Crippen molar-refractivity contribution >= 4 is 5.91 Å². The van der Waals surface area contributed by atoms with Crippen LogP contribution in [0.5, 0.6) is 0 Å². The fourth-order valence-corrected chi connectivity index (χ4v) is 1.51. The molecule has 16 heavy (non-hydrogen) atoms. The minimum Gasteiger partial charge on any atom is -0.380 e. The van der Waals surface area contributed by atoms with Gasteiger partial charge in [-0.15, -0.1) is 0 Å². The molecule has 0 saturated heterocycles. The predicted octanol–water partition coefficient (Wildman–Crippen LogP) is -0.192. The fraction of sp³-hybridized carbons (Fsp3) is 0.909. The normalized spacial score (nSPS) is 13.0. The Hall–Kier alpha value is -0.650. The van der Waals surface area contributed by atoms with Crippen molar-refractivity contribution in [3.05, 3.63) is 0 Å². The average Bonchev–Trinajstić information content (AvgIpc) is 2.27. The molecule has 0 heterocycles. The van der Waals surface area contributed by atoms with Gasteiger partial charge in [0.15, 0.2) is 0 Å². The molecule has 5 nitrogen and oxygen atoms in total. The van der Waals surface area contributed by atoms with Crippen LogP contribution in [0.25, 0.3) is 0 Å². The number of rotatable bonds is 10. The molecule has 0 aromatic rings. The quantitative estimate of drug-likeness (QED) is 0.511. The Morgan fingerprint density at radius 2 is 2.12 bits per heavy atom. The van der Waals surface area contributed by atoms with Crippen molar-refractivity contribution in [2.24, 2.45) is 5.73 Å². The van der Waals surface area contributed by atoms with E-state index in [9.17, 15) is 4.79 Å². The molecular formula is C11H25N3O2. The zero-order chi connectivity index (χ0) is 12.4. The standard InChI is InChI=1S/C11H25N3O2/c1-4-14(8-9-16-5-2)7-6-10(13-3)11(12)15/h10,13H,4-9H2,1-3H3,(H2,12,15). The van der Waals surface area contributed by atoms with Gasteiger partial charge in [0.25, 0.3) is 0 Å². The molecule has 5 heteroatoms. The molecular weight excluding hydrogens is 206 g/mol. The van der Waals surface area contributed by atoms with Crippen LogP contribution in [-0.2, 0) is 9.53 Å². The molecule has 0 spiro atoms. The number of primary amides is 1. The zero-order valence-corrected chi connectivity index (χ0v) is 10.7. The van der Waals surface area contributed by atoms with E-state index >= 15 is 0 Å². The monoisotopic (exact) mass is 231 g/mol. The van der Waals surface area contributed by atoms with Gasteiger partial charge in [0.2, 0.25) is 5.91 Å². The molecule has 0 aromatic heterocycles. The first-order valence-electron chi connectivity index (χ1n) is 5.92. The topological polar surface area (TPSA) is 67.6 Å². The van der Waals surface area contributed by atoms with Crippen molar-refractivity contribution in [1.29, 1.82) is 0 Å². The van der Waals surface area contributed by atoms with Crippen molar-refractivity contribution in [3.63, 3.8) is 0 Å². The first-order chi connectivity index (χ1) is 7.65. The number of hydrogen-bond acceptors (Lipinski definition) is 4. The van der Waals surface area contributed by atoms with E-state index in [0.29, 0.717) is 0 Å². The van der Waals surface area contributed by atoms with Crippen LogP contribution in [0.1, 0.15) is 20.3 Å². The maximum atomic E-state index is 11.0. The Labute approximate surface area is 98.3 Å². The lowest BCUT2D eigenvalue weighted by atomic mass is 10.2. The minimum atomic E-state index is -0.289. The summed E-state index contributed by atoms with van der Waals surface area (Å²) in [7, 11) is 1.76. The number of carbonyl (C=O) groups excluding carboxylic acids is 1. The summed E-state index contributed by atoms with van der Waals surface area (Å²) in [6, 6.07) is -0.235. The SMILES string of the molecule is CCOCCN(CC)CCC(NC)C(N)=O. The Morgan fingerprint density at radius 1 is 1.44 bits per heavy atom. The van der Waals surface area contributed by atoms with Crippen LogP contribution in [0.2, 0.25) is 0 Å². The number of ether oxygens (including phenoxy) is 1. The molecule has 0 aliphatic carbocycles. The summed E-state index contributed by atoms with van der Waals surface area (Å²) in [6.45, 7) is 8.30. The van der Waals surface area contributed by atoms with Crippen molar-refractivity contribution in [2.75, 3.05) is 39.9 Å². The molecule has 1 unspecified atom stereocenters. The minimum absolute atomic E-state index is 0.235. The summed E-state index contributed by atoms with van der Waals surface area (Å²) >= 11 is 0. The lowest BCUT2D eigenvalue weighted by molar-refractivity contribution is -0.120. The fourth-order valence-electron chi connectivity index (χ4n) is 1.51. The van der Waals surface area contributed by atoms with E-state index in [-0.39, 0.29) is 11.9 Å². The molecule has 0 aliphatic rings. The smallest absolute Gasteiger partial charge is 0.234 e. The number of nitrogens with one attached hydrogen (secondary N) is 1. The first kappa shape index (κ1) is 15.3. The van der Waals surface area contributed by atoms with E-state index in [1.54, 1.807) is 7.05 Å². The highest BCUT2D eigenvalue weighted by Gasteiger charge is 2.13. The number of amides is 1. The first-order valence-corrected chi connectivity index (χ1v) is 5.92. The number of carbonyl (C=O) groups is 1. The van der Waals surface area contributed by atoms with Gasteiger partial charge in [-0.25, -0.2) is 0 Å². The molecule has 0 fully saturated rings. The van der Waals surface area contributed by atoms with Crippen LogP contribution in [0.3, 0.4) is 0 Å². The number of nitrogens with two attached hydrogens (primary N) is 1. The molecule has 3 N–H and O–H groups in total. The van der Waals surface area contributed by atoms with E-state index in [1.165, 1.54) is 0 Å². The Bertz CT molecular complexity index is 188. The van der Waals surface area contributed by atoms with Crippen LogP contribution in [0, 0.1) is 0 Å². The van der Waals surface area contributed by atoms with E-state index < -0.39 is 0 Å². The van der Waals surface area contributed by atoms with Crippen LogP contribution >= 0.6 is 0 Å². The molecule has 0 aliphatic heterocycles. The maximum Gasteiger partial charge on any atom is 0.234 e. The third kappa shape index (κ3) is 6.76. The lowest BCUT2D eigenvalue weighted by Gasteiger charge is -2.22. The third-order valence-corrected chi connectivity index (χ3v) is 2.63. The van der Waals surface area contributed by atoms with Crippen molar-refractivity contribution in [3.8, 4) is 0 Å². The second-order valence-electron chi connectivity index (χ2n) is 3.66. The van der Waals surface area contributed by atoms with E-state index in [1.807, 2.05) is 6.92 Å². The van der Waals surface area contributed by atoms with E-state index in [2.05, 4.69) is 17.1 Å². The summed E-state index contributed by atoms with van der Waals surface area (Å²) in [5, 5.41) is 2.92. The zero-order valence-electron chi connectivity index (χ0n) is 10.7. The highest BCUT2D eigenvalue weighted by Crippen LogP contribution is 1.96. The second-order valence-corrected chi connectivity index (χ2v) is 3.66. The van der Waals surface area contributed by atoms with Gasteiger partial charge in [-0.1, -0.05) is 6.92 Å². The van der Waals surface area contributed by atoms with E-state index in [4.69, 9.17) is 10.5 Å². The van der Waals surface area contributed by atoms with Crippen LogP contribution in [0.4, 0.5) is 0 Å². The van der Waals surface area contributed by atoms with Gasteiger partial charge in [-0.05, 0) is 26.9 Å². The van der Waals surface area contributed by atoms with Crippen molar-refractivity contribution in [1.82, 2.24) is 10.2 Å². The Morgan fingerprint density at radius 3 is 2.56 bits per heavy atom. The Balaban J connectivity index is 3.79. The molecule has 0 bridgehead atoms.